The Morgan fingerprint density at radius 3 is 2.29 bits per heavy atom. The van der Waals surface area contributed by atoms with Gasteiger partial charge in [-0.2, -0.15) is 8.42 Å². The maximum atomic E-state index is 14.2. The number of hydrogen-bond acceptors (Lipinski definition) is 4. The van der Waals surface area contributed by atoms with Gasteiger partial charge in [-0.15, -0.1) is 0 Å². The Hall–Kier alpha value is -3.22. The zero-order valence-corrected chi connectivity index (χ0v) is 31.3. The molecule has 0 aromatic heterocycles. The molecule has 4 aromatic rings. The Bertz CT molecular complexity index is 1860. The van der Waals surface area contributed by atoms with Crippen LogP contribution in [0, 0.1) is 12.3 Å². The van der Waals surface area contributed by atoms with Gasteiger partial charge in [0, 0.05) is 0 Å². The van der Waals surface area contributed by atoms with Crippen molar-refractivity contribution in [3.8, 4) is 11.1 Å². The zero-order chi connectivity index (χ0) is 34.5. The van der Waals surface area contributed by atoms with Gasteiger partial charge in [0.05, 0.1) is 0 Å². The van der Waals surface area contributed by atoms with Crippen molar-refractivity contribution in [1.82, 2.24) is 5.32 Å². The van der Waals surface area contributed by atoms with E-state index in [-0.39, 0.29) is 17.0 Å². The average molecular weight is 748 g/mol. The second-order valence-corrected chi connectivity index (χ2v) is 18.4. The fourth-order valence-corrected chi connectivity index (χ4v) is 9.27. The summed E-state index contributed by atoms with van der Waals surface area (Å²) in [6, 6.07) is 29.9. The van der Waals surface area contributed by atoms with E-state index in [0.717, 1.165) is 45.0 Å². The fraction of sp³-hybridized carbons (Fsp3) is 0.333. The number of carbonyl (C=O) groups excluding carboxylic acids is 2. The molecule has 0 aliphatic heterocycles. The number of amides is 1. The third-order valence-corrected chi connectivity index (χ3v) is 12.9. The molecule has 0 spiro atoms. The van der Waals surface area contributed by atoms with Crippen LogP contribution in [0.5, 0.6) is 0 Å². The summed E-state index contributed by atoms with van der Waals surface area (Å²) in [6.45, 7) is 6.55. The average Bonchev–Trinajstić information content (AvgIpc) is 3.04. The second kappa shape index (κ2) is 15.5. The summed E-state index contributed by atoms with van der Waals surface area (Å²) in [5.41, 5.74) is 7.34. The van der Waals surface area contributed by atoms with Crippen molar-refractivity contribution >= 4 is 52.3 Å². The van der Waals surface area contributed by atoms with Gasteiger partial charge in [-0.3, -0.25) is 4.55 Å². The van der Waals surface area contributed by atoms with Crippen LogP contribution in [0.25, 0.3) is 11.1 Å². The molecule has 5 rings (SSSR count). The summed E-state index contributed by atoms with van der Waals surface area (Å²) in [4.78, 5) is 26.7. The number of aryl methyl sites for hydroxylation is 1. The maximum absolute atomic E-state index is 14.2. The number of benzene rings is 4. The molecule has 6 nitrogen and oxygen atoms in total. The topological polar surface area (TPSA) is 101 Å². The summed E-state index contributed by atoms with van der Waals surface area (Å²) in [6.07, 6.45) is 5.19. The number of rotatable bonds is 12. The number of nitrogens with one attached hydrogen (secondary N) is 1. The van der Waals surface area contributed by atoms with Gasteiger partial charge in [-0.1, -0.05) is 0 Å². The van der Waals surface area contributed by atoms with E-state index in [0.29, 0.717) is 28.3 Å². The standard InChI is InChI=1S/C39H43AsClNO5S/c1-26-23-34(41)15-16-35(26)29-11-13-33(14-12-29)40-37(43)36(32-6-4-5-31(25-32)28-17-19-39(2,3)20-18-28)24-27-7-9-30(10-8-27)38(44)42-21-22-48(45,46)47/h4-16,23,25,28,36,40H,17-22,24H2,1-3H3,(H,42,44)(H,45,46,47). The molecular formula is C39H43AsClNO5S. The zero-order valence-electron chi connectivity index (χ0n) is 27.6. The van der Waals surface area contributed by atoms with E-state index < -0.39 is 37.5 Å². The third-order valence-electron chi connectivity index (χ3n) is 9.39. The number of hydrogen-bond donors (Lipinski definition) is 2. The quantitative estimate of drug-likeness (QED) is 0.118. The van der Waals surface area contributed by atoms with E-state index in [1.165, 1.54) is 18.4 Å². The SMILES string of the molecule is Cc1cc(Cl)ccc1-c1ccc([AsH]C(=O)C(Cc2ccc(C(=O)NCCS(=O)(=O)O)cc2)c2cccc(C3CCC(C)(C)CC3)c2)cc1. The molecule has 0 saturated heterocycles. The Kier molecular flexibility index (Phi) is 11.7. The molecule has 0 heterocycles. The monoisotopic (exact) mass is 747 g/mol. The molecule has 1 aliphatic carbocycles. The first-order valence-corrected chi connectivity index (χ1v) is 20.4. The van der Waals surface area contributed by atoms with Gasteiger partial charge in [-0.05, 0) is 0 Å². The van der Waals surface area contributed by atoms with Crippen LogP contribution in [0.1, 0.15) is 84.0 Å². The first kappa shape index (κ1) is 36.1. The molecular weight excluding hydrogens is 705 g/mol. The molecule has 0 radical (unpaired) electrons. The van der Waals surface area contributed by atoms with E-state index >= 15 is 0 Å². The molecule has 48 heavy (non-hydrogen) atoms. The second-order valence-electron chi connectivity index (χ2n) is 13.6. The van der Waals surface area contributed by atoms with Crippen LogP contribution >= 0.6 is 11.6 Å². The molecule has 4 aromatic carbocycles. The molecule has 2 atom stereocenters. The number of carbonyl (C=O) groups is 2. The Labute approximate surface area is 296 Å². The van der Waals surface area contributed by atoms with Crippen LogP contribution in [-0.4, -0.2) is 51.5 Å². The van der Waals surface area contributed by atoms with Crippen LogP contribution < -0.4 is 9.67 Å². The molecule has 252 valence electrons. The van der Waals surface area contributed by atoms with E-state index in [2.05, 4.69) is 67.7 Å². The van der Waals surface area contributed by atoms with Crippen LogP contribution in [0.3, 0.4) is 0 Å². The first-order valence-electron chi connectivity index (χ1n) is 16.4. The van der Waals surface area contributed by atoms with E-state index in [1.54, 1.807) is 12.1 Å². The Morgan fingerprint density at radius 1 is 0.958 bits per heavy atom. The summed E-state index contributed by atoms with van der Waals surface area (Å²) >= 11 is 5.03. The predicted molar refractivity (Wildman–Crippen MR) is 196 cm³/mol. The molecule has 1 aliphatic rings. The van der Waals surface area contributed by atoms with Crippen molar-refractivity contribution in [3.05, 3.63) is 124 Å². The van der Waals surface area contributed by atoms with Gasteiger partial charge in [0.1, 0.15) is 0 Å². The van der Waals surface area contributed by atoms with Crippen molar-refractivity contribution in [2.45, 2.75) is 64.7 Å². The van der Waals surface area contributed by atoms with Crippen LogP contribution in [-0.2, 0) is 21.3 Å². The van der Waals surface area contributed by atoms with Crippen molar-refractivity contribution in [2.24, 2.45) is 5.41 Å². The summed E-state index contributed by atoms with van der Waals surface area (Å²) in [5.74, 6) is -0.805. The van der Waals surface area contributed by atoms with Gasteiger partial charge in [0.15, 0.2) is 0 Å². The summed E-state index contributed by atoms with van der Waals surface area (Å²) in [7, 11) is -4.16. The van der Waals surface area contributed by atoms with Gasteiger partial charge in [-0.25, -0.2) is 0 Å². The first-order chi connectivity index (χ1) is 22.8. The Morgan fingerprint density at radius 2 is 1.65 bits per heavy atom. The van der Waals surface area contributed by atoms with Crippen molar-refractivity contribution in [3.63, 3.8) is 0 Å². The van der Waals surface area contributed by atoms with Crippen LogP contribution in [0.15, 0.2) is 91.0 Å². The molecule has 2 N–H and O–H groups in total. The third kappa shape index (κ3) is 9.92. The minimum absolute atomic E-state index is 0.185. The number of halogens is 1. The van der Waals surface area contributed by atoms with Gasteiger partial charge in [0.25, 0.3) is 0 Å². The van der Waals surface area contributed by atoms with Gasteiger partial charge < -0.3 is 0 Å². The predicted octanol–water partition coefficient (Wildman–Crippen LogP) is 7.23. The summed E-state index contributed by atoms with van der Waals surface area (Å²) in [5, 5.41) is 3.23. The molecule has 2 unspecified atom stereocenters. The molecule has 1 fully saturated rings. The van der Waals surface area contributed by atoms with Crippen molar-refractivity contribution in [2.75, 3.05) is 12.3 Å². The van der Waals surface area contributed by atoms with Gasteiger partial charge >= 0.3 is 285 Å². The molecule has 9 heteroatoms. The summed E-state index contributed by atoms with van der Waals surface area (Å²) < 4.78 is 32.2. The molecule has 1 saturated carbocycles. The molecule has 1 amide bonds. The fourth-order valence-electron chi connectivity index (χ4n) is 6.46. The van der Waals surface area contributed by atoms with Crippen LogP contribution in [0.4, 0.5) is 0 Å². The van der Waals surface area contributed by atoms with E-state index in [1.807, 2.05) is 37.3 Å². The van der Waals surface area contributed by atoms with E-state index in [9.17, 15) is 18.0 Å². The minimum atomic E-state index is -4.16. The molecule has 0 bridgehead atoms. The van der Waals surface area contributed by atoms with Crippen molar-refractivity contribution in [1.29, 1.82) is 0 Å². The van der Waals surface area contributed by atoms with Crippen molar-refractivity contribution < 1.29 is 22.6 Å². The Balaban J connectivity index is 1.36. The van der Waals surface area contributed by atoms with Gasteiger partial charge in [0.2, 0.25) is 0 Å². The normalized spacial score (nSPS) is 15.8. The van der Waals surface area contributed by atoms with E-state index in [4.69, 9.17) is 16.2 Å². The van der Waals surface area contributed by atoms with Crippen LogP contribution in [0.2, 0.25) is 5.02 Å².